The molecule has 0 saturated heterocycles. The van der Waals surface area contributed by atoms with E-state index in [1.165, 1.54) is 6.08 Å². The maximum atomic E-state index is 14.2. The summed E-state index contributed by atoms with van der Waals surface area (Å²) in [7, 11) is 1.15. The number of hydrogen-bond acceptors (Lipinski definition) is 3. The summed E-state index contributed by atoms with van der Waals surface area (Å²) < 4.78 is 58.8. The summed E-state index contributed by atoms with van der Waals surface area (Å²) >= 11 is 5.72. The third-order valence-corrected chi connectivity index (χ3v) is 3.27. The summed E-state index contributed by atoms with van der Waals surface area (Å²) in [6.45, 7) is 0. The van der Waals surface area contributed by atoms with Crippen LogP contribution in [0.3, 0.4) is 0 Å². The van der Waals surface area contributed by atoms with Gasteiger partial charge in [-0.1, -0.05) is 17.7 Å². The number of aromatic nitrogens is 1. The molecular formula is C13H8ClF4NO2. The van der Waals surface area contributed by atoms with Crippen LogP contribution in [0.4, 0.5) is 17.6 Å². The van der Waals surface area contributed by atoms with Gasteiger partial charge >= 0.3 is 6.04 Å². The van der Waals surface area contributed by atoms with Crippen LogP contribution in [0.2, 0.25) is 0 Å². The zero-order valence-corrected chi connectivity index (χ0v) is 11.3. The molecule has 1 unspecified atom stereocenters. The van der Waals surface area contributed by atoms with E-state index in [0.717, 1.165) is 7.11 Å². The first-order chi connectivity index (χ1) is 9.86. The SMILES string of the molecule is COC1=C(F)C(c2nc(C(=O)F)cc(F)c2F)CC=C1Cl. The van der Waals surface area contributed by atoms with Crippen molar-refractivity contribution in [1.29, 1.82) is 0 Å². The van der Waals surface area contributed by atoms with E-state index in [9.17, 15) is 22.4 Å². The van der Waals surface area contributed by atoms with Gasteiger partial charge < -0.3 is 4.74 Å². The molecule has 1 atom stereocenters. The Hall–Kier alpha value is -1.89. The van der Waals surface area contributed by atoms with Crippen molar-refractivity contribution >= 4 is 17.6 Å². The Balaban J connectivity index is 2.57. The molecule has 1 aromatic heterocycles. The number of hydrogen-bond donors (Lipinski definition) is 0. The molecule has 1 aromatic rings. The van der Waals surface area contributed by atoms with Gasteiger partial charge in [0, 0.05) is 6.07 Å². The fraction of sp³-hybridized carbons (Fsp3) is 0.231. The molecule has 0 N–H and O–H groups in total. The zero-order chi connectivity index (χ0) is 15.7. The highest BCUT2D eigenvalue weighted by Gasteiger charge is 2.32. The summed E-state index contributed by atoms with van der Waals surface area (Å²) in [6, 6.07) is -1.73. The summed E-state index contributed by atoms with van der Waals surface area (Å²) in [4.78, 5) is 14.0. The van der Waals surface area contributed by atoms with Crippen molar-refractivity contribution in [1.82, 2.24) is 4.98 Å². The Labute approximate surface area is 121 Å². The number of pyridine rings is 1. The first-order valence-electron chi connectivity index (χ1n) is 5.72. The van der Waals surface area contributed by atoms with E-state index in [4.69, 9.17) is 16.3 Å². The van der Waals surface area contributed by atoms with E-state index >= 15 is 0 Å². The number of carbonyl (C=O) groups is 1. The van der Waals surface area contributed by atoms with E-state index in [-0.39, 0.29) is 17.2 Å². The number of carbonyl (C=O) groups excluding carboxylic acids is 1. The number of rotatable bonds is 3. The van der Waals surface area contributed by atoms with E-state index in [0.29, 0.717) is 6.07 Å². The van der Waals surface area contributed by atoms with Gasteiger partial charge in [-0.2, -0.15) is 4.39 Å². The topological polar surface area (TPSA) is 39.2 Å². The zero-order valence-electron chi connectivity index (χ0n) is 10.6. The second-order valence-corrected chi connectivity index (χ2v) is 4.59. The smallest absolute Gasteiger partial charge is 0.350 e. The second-order valence-electron chi connectivity index (χ2n) is 4.18. The van der Waals surface area contributed by atoms with Crippen LogP contribution < -0.4 is 0 Å². The Morgan fingerprint density at radius 1 is 1.43 bits per heavy atom. The van der Waals surface area contributed by atoms with Crippen molar-refractivity contribution in [3.63, 3.8) is 0 Å². The summed E-state index contributed by atoms with van der Waals surface area (Å²) in [5.41, 5.74) is -1.65. The van der Waals surface area contributed by atoms with Crippen LogP contribution in [0.25, 0.3) is 0 Å². The highest BCUT2D eigenvalue weighted by molar-refractivity contribution is 6.31. The van der Waals surface area contributed by atoms with Crippen LogP contribution in [0.1, 0.15) is 28.5 Å². The lowest BCUT2D eigenvalue weighted by atomic mass is 9.93. The largest absolute Gasteiger partial charge is 0.492 e. The second kappa shape index (κ2) is 5.85. The van der Waals surface area contributed by atoms with E-state index < -0.39 is 40.8 Å². The Kier molecular flexibility index (Phi) is 4.32. The van der Waals surface area contributed by atoms with Gasteiger partial charge in [-0.25, -0.2) is 18.2 Å². The average molecular weight is 322 g/mol. The average Bonchev–Trinajstić information content (AvgIpc) is 2.43. The molecule has 1 aliphatic carbocycles. The fourth-order valence-electron chi connectivity index (χ4n) is 1.96. The van der Waals surface area contributed by atoms with Gasteiger partial charge in [0.25, 0.3) is 0 Å². The van der Waals surface area contributed by atoms with Crippen LogP contribution in [0.5, 0.6) is 0 Å². The van der Waals surface area contributed by atoms with Gasteiger partial charge in [0.15, 0.2) is 23.2 Å². The molecule has 8 heteroatoms. The summed E-state index contributed by atoms with van der Waals surface area (Å²) in [5.74, 6) is -5.61. The number of allylic oxidation sites excluding steroid dienone is 3. The molecule has 0 aliphatic heterocycles. The first kappa shape index (κ1) is 15.5. The maximum Gasteiger partial charge on any atom is 0.350 e. The van der Waals surface area contributed by atoms with Gasteiger partial charge in [-0.15, -0.1) is 0 Å². The summed E-state index contributed by atoms with van der Waals surface area (Å²) in [6.07, 6.45) is 1.20. The molecule has 1 aliphatic rings. The minimum Gasteiger partial charge on any atom is -0.492 e. The Morgan fingerprint density at radius 2 is 2.10 bits per heavy atom. The molecule has 1 heterocycles. The van der Waals surface area contributed by atoms with Crippen molar-refractivity contribution in [3.05, 3.63) is 51.8 Å². The minimum absolute atomic E-state index is 0.0233. The number of ether oxygens (including phenoxy) is 1. The van der Waals surface area contributed by atoms with Crippen LogP contribution in [0.15, 0.2) is 28.8 Å². The lowest BCUT2D eigenvalue weighted by Gasteiger charge is -2.21. The molecule has 0 saturated carbocycles. The number of halogens is 5. The minimum atomic E-state index is -2.05. The fourth-order valence-corrected chi connectivity index (χ4v) is 2.22. The van der Waals surface area contributed by atoms with E-state index in [2.05, 4.69) is 4.98 Å². The molecule has 0 aromatic carbocycles. The van der Waals surface area contributed by atoms with Crippen LogP contribution in [-0.4, -0.2) is 18.1 Å². The van der Waals surface area contributed by atoms with Gasteiger partial charge in [0.2, 0.25) is 0 Å². The number of methoxy groups -OCH3 is 1. The Morgan fingerprint density at radius 3 is 2.67 bits per heavy atom. The molecule has 112 valence electrons. The third-order valence-electron chi connectivity index (χ3n) is 2.95. The van der Waals surface area contributed by atoms with E-state index in [1.807, 2.05) is 0 Å². The van der Waals surface area contributed by atoms with Gasteiger partial charge in [-0.3, -0.25) is 4.79 Å². The van der Waals surface area contributed by atoms with Crippen LogP contribution in [0, 0.1) is 11.6 Å². The Bertz CT molecular complexity index is 672. The van der Waals surface area contributed by atoms with Crippen molar-refractivity contribution in [3.8, 4) is 0 Å². The lowest BCUT2D eigenvalue weighted by molar-refractivity contribution is 0.0829. The van der Waals surface area contributed by atoms with Crippen molar-refractivity contribution in [2.24, 2.45) is 0 Å². The molecule has 21 heavy (non-hydrogen) atoms. The van der Waals surface area contributed by atoms with Gasteiger partial charge in [0.1, 0.15) is 5.69 Å². The standard InChI is InChI=1S/C13H8ClF4NO2/c1-21-12-6(14)3-2-5(9(12)16)11-10(17)7(15)4-8(19-11)13(18)20/h3-5H,2H2,1H3. The molecule has 0 bridgehead atoms. The molecule has 2 rings (SSSR count). The van der Waals surface area contributed by atoms with Crippen LogP contribution >= 0.6 is 11.6 Å². The molecule has 0 amide bonds. The van der Waals surface area contributed by atoms with Crippen LogP contribution in [-0.2, 0) is 4.74 Å². The van der Waals surface area contributed by atoms with Gasteiger partial charge in [-0.05, 0) is 6.42 Å². The normalized spacial score (nSPS) is 18.6. The van der Waals surface area contributed by atoms with Crippen molar-refractivity contribution in [2.45, 2.75) is 12.3 Å². The van der Waals surface area contributed by atoms with Crippen molar-refractivity contribution in [2.75, 3.05) is 7.11 Å². The quantitative estimate of drug-likeness (QED) is 0.626. The number of nitrogens with zero attached hydrogens (tertiary/aromatic N) is 1. The molecule has 0 radical (unpaired) electrons. The lowest BCUT2D eigenvalue weighted by Crippen LogP contribution is -2.14. The van der Waals surface area contributed by atoms with E-state index in [1.54, 1.807) is 0 Å². The van der Waals surface area contributed by atoms with Crippen molar-refractivity contribution < 1.29 is 27.1 Å². The highest BCUT2D eigenvalue weighted by atomic mass is 35.5. The molecule has 0 fully saturated rings. The summed E-state index contributed by atoms with van der Waals surface area (Å²) in [5, 5.41) is -0.0233. The predicted molar refractivity (Wildman–Crippen MR) is 66.0 cm³/mol. The first-order valence-corrected chi connectivity index (χ1v) is 6.10. The monoisotopic (exact) mass is 321 g/mol. The van der Waals surface area contributed by atoms with Gasteiger partial charge in [0.05, 0.1) is 23.8 Å². The third kappa shape index (κ3) is 2.78. The molecule has 0 spiro atoms. The predicted octanol–water partition coefficient (Wildman–Crippen LogP) is 3.91. The molecule has 3 nitrogen and oxygen atoms in total. The highest BCUT2D eigenvalue weighted by Crippen LogP contribution is 2.39. The maximum absolute atomic E-state index is 14.2. The molecular weight excluding hydrogens is 314 g/mol.